The monoisotopic (exact) mass is 341 g/mol. The van der Waals surface area contributed by atoms with Crippen molar-refractivity contribution in [3.05, 3.63) is 55.9 Å². The van der Waals surface area contributed by atoms with Crippen LogP contribution in [-0.2, 0) is 12.8 Å². The summed E-state index contributed by atoms with van der Waals surface area (Å²) in [7, 11) is 0. The summed E-state index contributed by atoms with van der Waals surface area (Å²) in [5.74, 6) is 0.217. The molecule has 2 aromatic rings. The van der Waals surface area contributed by atoms with Crippen LogP contribution in [0.4, 0.5) is 10.7 Å². The second-order valence-corrected chi connectivity index (χ2v) is 7.03. The highest BCUT2D eigenvalue weighted by Crippen LogP contribution is 2.39. The van der Waals surface area contributed by atoms with Crippen molar-refractivity contribution in [2.75, 3.05) is 5.32 Å². The first kappa shape index (κ1) is 16.1. The van der Waals surface area contributed by atoms with Crippen LogP contribution in [0.3, 0.4) is 0 Å². The van der Waals surface area contributed by atoms with E-state index in [2.05, 4.69) is 18.3 Å². The Labute approximate surface area is 142 Å². The summed E-state index contributed by atoms with van der Waals surface area (Å²) in [6, 6.07) is 7.62. The number of fused-ring (bicyclic) bond motifs is 1. The Morgan fingerprint density at radius 2 is 2.12 bits per heavy atom. The molecule has 0 fully saturated rings. The predicted octanol–water partition coefficient (Wildman–Crippen LogP) is 3.91. The van der Waals surface area contributed by atoms with Crippen molar-refractivity contribution in [1.29, 1.82) is 5.26 Å². The van der Waals surface area contributed by atoms with Crippen LogP contribution in [0.5, 0.6) is 0 Å². The number of anilines is 1. The maximum absolute atomic E-state index is 12.4. The van der Waals surface area contributed by atoms with E-state index in [1.807, 2.05) is 0 Å². The summed E-state index contributed by atoms with van der Waals surface area (Å²) >= 11 is 1.46. The molecule has 1 atom stereocenters. The fourth-order valence-electron chi connectivity index (χ4n) is 2.87. The Morgan fingerprint density at radius 3 is 2.75 bits per heavy atom. The minimum absolute atomic E-state index is 0.0650. The number of nitrogens with one attached hydrogen (secondary N) is 1. The van der Waals surface area contributed by atoms with Gasteiger partial charge in [-0.2, -0.15) is 5.26 Å². The molecule has 1 aromatic carbocycles. The number of carbonyl (C=O) groups excluding carboxylic acids is 1. The van der Waals surface area contributed by atoms with Crippen molar-refractivity contribution in [1.82, 2.24) is 0 Å². The number of non-ortho nitro benzene ring substituents is 1. The first-order chi connectivity index (χ1) is 11.5. The topological polar surface area (TPSA) is 96.0 Å². The molecular formula is C17H15N3O3S. The fourth-order valence-corrected chi connectivity index (χ4v) is 4.22. The molecule has 6 nitrogen and oxygen atoms in total. The van der Waals surface area contributed by atoms with Gasteiger partial charge in [0.15, 0.2) is 0 Å². The zero-order valence-corrected chi connectivity index (χ0v) is 13.9. The van der Waals surface area contributed by atoms with Gasteiger partial charge in [0.1, 0.15) is 11.1 Å². The van der Waals surface area contributed by atoms with E-state index in [1.54, 1.807) is 0 Å². The molecule has 0 radical (unpaired) electrons. The molecule has 0 saturated carbocycles. The number of amides is 1. The van der Waals surface area contributed by atoms with E-state index in [0.717, 1.165) is 24.8 Å². The van der Waals surface area contributed by atoms with Gasteiger partial charge in [-0.3, -0.25) is 14.9 Å². The summed E-state index contributed by atoms with van der Waals surface area (Å²) in [6.45, 7) is 2.18. The maximum Gasteiger partial charge on any atom is 0.269 e. The predicted molar refractivity (Wildman–Crippen MR) is 91.3 cm³/mol. The summed E-state index contributed by atoms with van der Waals surface area (Å²) in [5, 5.41) is 23.5. The highest BCUT2D eigenvalue weighted by atomic mass is 32.1. The first-order valence-electron chi connectivity index (χ1n) is 7.60. The van der Waals surface area contributed by atoms with E-state index >= 15 is 0 Å². The second kappa shape index (κ2) is 6.42. The van der Waals surface area contributed by atoms with E-state index in [0.29, 0.717) is 22.0 Å². The maximum atomic E-state index is 12.4. The van der Waals surface area contributed by atoms with E-state index in [9.17, 15) is 20.2 Å². The van der Waals surface area contributed by atoms with Crippen molar-refractivity contribution in [2.45, 2.75) is 26.2 Å². The molecule has 0 spiro atoms. The van der Waals surface area contributed by atoms with E-state index < -0.39 is 4.92 Å². The number of carbonyl (C=O) groups is 1. The van der Waals surface area contributed by atoms with Crippen molar-refractivity contribution in [3.8, 4) is 6.07 Å². The van der Waals surface area contributed by atoms with Crippen LogP contribution in [0.15, 0.2) is 24.3 Å². The minimum atomic E-state index is -0.510. The number of nitrogens with zero attached hydrogens (tertiary/aromatic N) is 2. The highest BCUT2D eigenvalue weighted by Gasteiger charge is 2.24. The highest BCUT2D eigenvalue weighted by molar-refractivity contribution is 7.16. The molecule has 0 bridgehead atoms. The van der Waals surface area contributed by atoms with Gasteiger partial charge in [0.05, 0.1) is 10.5 Å². The number of hydrogen-bond donors (Lipinski definition) is 1. The molecule has 1 aromatic heterocycles. The van der Waals surface area contributed by atoms with E-state index in [1.165, 1.54) is 40.5 Å². The number of rotatable bonds is 3. The Kier molecular flexibility index (Phi) is 4.32. The lowest BCUT2D eigenvalue weighted by molar-refractivity contribution is -0.384. The molecule has 3 rings (SSSR count). The van der Waals surface area contributed by atoms with Crippen molar-refractivity contribution < 1.29 is 9.72 Å². The number of nitriles is 1. The molecule has 0 aliphatic heterocycles. The zero-order valence-electron chi connectivity index (χ0n) is 13.0. The third-order valence-electron chi connectivity index (χ3n) is 4.19. The number of hydrogen-bond acceptors (Lipinski definition) is 5. The van der Waals surface area contributed by atoms with Gasteiger partial charge in [-0.05, 0) is 42.9 Å². The van der Waals surface area contributed by atoms with Crippen LogP contribution >= 0.6 is 11.3 Å². The number of nitro benzene ring substituents is 1. The Bertz CT molecular complexity index is 849. The molecule has 0 saturated heterocycles. The molecule has 1 amide bonds. The lowest BCUT2D eigenvalue weighted by atomic mass is 9.88. The quantitative estimate of drug-likeness (QED) is 0.676. The van der Waals surface area contributed by atoms with E-state index in [4.69, 9.17) is 0 Å². The first-order valence-corrected chi connectivity index (χ1v) is 8.41. The van der Waals surface area contributed by atoms with Gasteiger partial charge in [-0.1, -0.05) is 6.92 Å². The molecule has 24 heavy (non-hydrogen) atoms. The molecule has 1 unspecified atom stereocenters. The van der Waals surface area contributed by atoms with Gasteiger partial charge < -0.3 is 5.32 Å². The lowest BCUT2D eigenvalue weighted by Gasteiger charge is -2.17. The summed E-state index contributed by atoms with van der Waals surface area (Å²) < 4.78 is 0. The standard InChI is InChI=1S/C17H15N3O3S/c1-10-2-7-13-14(9-18)17(24-15(13)8-10)19-16(21)11-3-5-12(6-4-11)20(22)23/h3-6,10H,2,7-8H2,1H3,(H,19,21). The number of thiophene rings is 1. The second-order valence-electron chi connectivity index (χ2n) is 5.93. The van der Waals surface area contributed by atoms with Gasteiger partial charge >= 0.3 is 0 Å². The van der Waals surface area contributed by atoms with Gasteiger partial charge in [0, 0.05) is 22.6 Å². The van der Waals surface area contributed by atoms with E-state index in [-0.39, 0.29) is 11.6 Å². The third kappa shape index (κ3) is 3.01. The average molecular weight is 341 g/mol. The zero-order chi connectivity index (χ0) is 17.3. The summed E-state index contributed by atoms with van der Waals surface area (Å²) in [5.41, 5.74) is 1.87. The normalized spacial score (nSPS) is 16.1. The largest absolute Gasteiger partial charge is 0.312 e. The van der Waals surface area contributed by atoms with Gasteiger partial charge in [0.2, 0.25) is 0 Å². The Morgan fingerprint density at radius 1 is 1.42 bits per heavy atom. The van der Waals surface area contributed by atoms with Crippen molar-refractivity contribution in [3.63, 3.8) is 0 Å². The van der Waals surface area contributed by atoms with Crippen LogP contribution < -0.4 is 5.32 Å². The van der Waals surface area contributed by atoms with Crippen LogP contribution in [0.1, 0.15) is 39.7 Å². The lowest BCUT2D eigenvalue weighted by Crippen LogP contribution is -2.12. The molecule has 122 valence electrons. The SMILES string of the molecule is CC1CCc2c(sc(NC(=O)c3ccc([N+](=O)[O-])cc3)c2C#N)C1. The molecule has 1 aliphatic carbocycles. The van der Waals surface area contributed by atoms with Gasteiger partial charge in [-0.15, -0.1) is 11.3 Å². The van der Waals surface area contributed by atoms with Crippen molar-refractivity contribution in [2.24, 2.45) is 5.92 Å². The molecule has 7 heteroatoms. The van der Waals surface area contributed by atoms with Crippen molar-refractivity contribution >= 4 is 27.9 Å². The van der Waals surface area contributed by atoms with Gasteiger partial charge in [-0.25, -0.2) is 0 Å². The third-order valence-corrected chi connectivity index (χ3v) is 5.36. The molecule has 1 heterocycles. The fraction of sp³-hybridized carbons (Fsp3) is 0.294. The number of nitro groups is 1. The number of benzene rings is 1. The average Bonchev–Trinajstić information content (AvgIpc) is 2.90. The van der Waals surface area contributed by atoms with Crippen LogP contribution in [0.2, 0.25) is 0 Å². The molecule has 1 aliphatic rings. The van der Waals surface area contributed by atoms with Gasteiger partial charge in [0.25, 0.3) is 11.6 Å². The summed E-state index contributed by atoms with van der Waals surface area (Å²) in [4.78, 5) is 23.7. The molecular weight excluding hydrogens is 326 g/mol. The van der Waals surface area contributed by atoms with Crippen LogP contribution in [0, 0.1) is 27.4 Å². The van der Waals surface area contributed by atoms with Crippen LogP contribution in [-0.4, -0.2) is 10.8 Å². The Balaban J connectivity index is 1.84. The Hall–Kier alpha value is -2.72. The smallest absolute Gasteiger partial charge is 0.269 e. The molecule has 1 N–H and O–H groups in total. The summed E-state index contributed by atoms with van der Waals surface area (Å²) in [6.07, 6.45) is 2.85. The minimum Gasteiger partial charge on any atom is -0.312 e. The van der Waals surface area contributed by atoms with Crippen LogP contribution in [0.25, 0.3) is 0 Å².